The number of carbonyl (C=O) groups is 3. The summed E-state index contributed by atoms with van der Waals surface area (Å²) in [4.78, 5) is 39.6. The van der Waals surface area contributed by atoms with Crippen molar-refractivity contribution in [1.29, 1.82) is 0 Å². The fourth-order valence-corrected chi connectivity index (χ4v) is 2.57. The zero-order chi connectivity index (χ0) is 22.4. The summed E-state index contributed by atoms with van der Waals surface area (Å²) in [5.41, 5.74) is -0.762. The quantitative estimate of drug-likeness (QED) is 0.576. The molecule has 1 unspecified atom stereocenters. The highest BCUT2D eigenvalue weighted by Gasteiger charge is 2.40. The molecule has 0 aliphatic carbocycles. The van der Waals surface area contributed by atoms with E-state index in [4.69, 9.17) is 4.74 Å². The molecule has 164 valence electrons. The molecule has 0 heterocycles. The zero-order valence-corrected chi connectivity index (χ0v) is 18.3. The number of likely N-dealkylation sites (N-methyl/N-ethyl adjacent to an activating group) is 2. The Balaban J connectivity index is 5.72. The molecule has 2 amide bonds. The van der Waals surface area contributed by atoms with Crippen molar-refractivity contribution in [2.24, 2.45) is 5.92 Å². The van der Waals surface area contributed by atoms with Crippen LogP contribution in [0, 0.1) is 5.92 Å². The molecular formula is C19H34F2N2O5. The minimum Gasteiger partial charge on any atom is -0.467 e. The molecule has 0 radical (unpaired) electrons. The summed E-state index contributed by atoms with van der Waals surface area (Å²) in [7, 11) is 3.74. The molecule has 0 spiro atoms. The van der Waals surface area contributed by atoms with Gasteiger partial charge in [-0.15, -0.1) is 0 Å². The molecule has 0 saturated carbocycles. The number of ether oxygens (including phenoxy) is 2. The molecule has 0 saturated heterocycles. The fourth-order valence-electron chi connectivity index (χ4n) is 2.57. The van der Waals surface area contributed by atoms with Gasteiger partial charge in [0, 0.05) is 20.5 Å². The third-order valence-corrected chi connectivity index (χ3v) is 3.97. The Bertz CT molecular complexity index is 556. The Labute approximate surface area is 166 Å². The lowest BCUT2D eigenvalue weighted by Crippen LogP contribution is -2.54. The van der Waals surface area contributed by atoms with Crippen molar-refractivity contribution >= 4 is 18.0 Å². The number of methoxy groups -OCH3 is 1. The van der Waals surface area contributed by atoms with E-state index in [2.05, 4.69) is 4.74 Å². The van der Waals surface area contributed by atoms with E-state index < -0.39 is 48.0 Å². The van der Waals surface area contributed by atoms with E-state index in [0.29, 0.717) is 6.92 Å². The number of halogens is 2. The third-order valence-electron chi connectivity index (χ3n) is 3.97. The van der Waals surface area contributed by atoms with Crippen LogP contribution >= 0.6 is 0 Å². The van der Waals surface area contributed by atoms with E-state index in [-0.39, 0.29) is 12.3 Å². The predicted molar refractivity (Wildman–Crippen MR) is 101 cm³/mol. The van der Waals surface area contributed by atoms with Gasteiger partial charge in [-0.25, -0.2) is 18.4 Å². The van der Waals surface area contributed by atoms with Crippen molar-refractivity contribution in [2.45, 2.75) is 78.0 Å². The van der Waals surface area contributed by atoms with E-state index in [1.54, 1.807) is 20.8 Å². The standard InChI is InChI=1S/C19H34F2N2O5/c1-12(2)10-13(23(8)17(26)28-18(3,4)5)15(24)22(7)14(16(25)27-9)11-19(6,20)21/h12-14H,10-11H2,1-9H3/t13-,14?/m0/s1. The first-order chi connectivity index (χ1) is 12.5. The van der Waals surface area contributed by atoms with E-state index in [0.717, 1.165) is 16.9 Å². The molecule has 0 aromatic heterocycles. The molecule has 7 nitrogen and oxygen atoms in total. The highest BCUT2D eigenvalue weighted by Crippen LogP contribution is 2.24. The van der Waals surface area contributed by atoms with Gasteiger partial charge in [-0.3, -0.25) is 9.69 Å². The van der Waals surface area contributed by atoms with Crippen molar-refractivity contribution in [1.82, 2.24) is 9.80 Å². The van der Waals surface area contributed by atoms with Crippen LogP contribution < -0.4 is 0 Å². The molecule has 0 fully saturated rings. The minimum absolute atomic E-state index is 0.0245. The third kappa shape index (κ3) is 8.84. The van der Waals surface area contributed by atoms with Gasteiger partial charge in [0.05, 0.1) is 7.11 Å². The first-order valence-electron chi connectivity index (χ1n) is 9.18. The largest absolute Gasteiger partial charge is 0.467 e. The first kappa shape index (κ1) is 26.1. The van der Waals surface area contributed by atoms with Crippen LogP contribution in [0.5, 0.6) is 0 Å². The molecule has 0 bridgehead atoms. The van der Waals surface area contributed by atoms with Crippen molar-refractivity contribution in [3.8, 4) is 0 Å². The molecule has 2 atom stereocenters. The van der Waals surface area contributed by atoms with Gasteiger partial charge in [0.25, 0.3) is 0 Å². The van der Waals surface area contributed by atoms with Crippen LogP contribution in [-0.4, -0.2) is 72.6 Å². The molecule has 0 aromatic rings. The Hall–Kier alpha value is -1.93. The second kappa shape index (κ2) is 10.0. The van der Waals surface area contributed by atoms with Crippen LogP contribution in [0.25, 0.3) is 0 Å². The normalized spacial score (nSPS) is 14.3. The van der Waals surface area contributed by atoms with E-state index in [1.165, 1.54) is 14.1 Å². The Morgan fingerprint density at radius 2 is 1.46 bits per heavy atom. The predicted octanol–water partition coefficient (Wildman–Crippen LogP) is 3.31. The van der Waals surface area contributed by atoms with Gasteiger partial charge in [0.1, 0.15) is 17.7 Å². The molecule has 0 rings (SSSR count). The second-order valence-electron chi connectivity index (χ2n) is 8.50. The topological polar surface area (TPSA) is 76.2 Å². The lowest BCUT2D eigenvalue weighted by molar-refractivity contribution is -0.157. The number of alkyl halides is 2. The maximum atomic E-state index is 13.5. The van der Waals surface area contributed by atoms with Crippen LogP contribution in [0.3, 0.4) is 0 Å². The monoisotopic (exact) mass is 408 g/mol. The lowest BCUT2D eigenvalue weighted by Gasteiger charge is -2.35. The summed E-state index contributed by atoms with van der Waals surface area (Å²) in [6.07, 6.45) is -1.32. The molecule has 0 aromatic carbocycles. The number of hydrogen-bond donors (Lipinski definition) is 0. The molecule has 0 aliphatic rings. The number of nitrogens with zero attached hydrogens (tertiary/aromatic N) is 2. The van der Waals surface area contributed by atoms with Gasteiger partial charge in [-0.2, -0.15) is 0 Å². The highest BCUT2D eigenvalue weighted by atomic mass is 19.3. The van der Waals surface area contributed by atoms with Gasteiger partial charge in [0.2, 0.25) is 11.8 Å². The van der Waals surface area contributed by atoms with Crippen LogP contribution in [0.15, 0.2) is 0 Å². The first-order valence-corrected chi connectivity index (χ1v) is 9.18. The SMILES string of the molecule is COC(=O)C(CC(C)(F)F)N(C)C(=O)[C@H](CC(C)C)N(C)C(=O)OC(C)(C)C. The van der Waals surface area contributed by atoms with Gasteiger partial charge in [-0.1, -0.05) is 13.8 Å². The van der Waals surface area contributed by atoms with Crippen molar-refractivity contribution in [3.63, 3.8) is 0 Å². The number of amides is 2. The van der Waals surface area contributed by atoms with Gasteiger partial charge >= 0.3 is 12.1 Å². The van der Waals surface area contributed by atoms with E-state index in [1.807, 2.05) is 13.8 Å². The number of esters is 1. The van der Waals surface area contributed by atoms with E-state index >= 15 is 0 Å². The number of carbonyl (C=O) groups excluding carboxylic acids is 3. The summed E-state index contributed by atoms with van der Waals surface area (Å²) in [6, 6.07) is -2.45. The zero-order valence-electron chi connectivity index (χ0n) is 18.3. The van der Waals surface area contributed by atoms with Crippen molar-refractivity contribution < 1.29 is 32.6 Å². The van der Waals surface area contributed by atoms with Crippen LogP contribution in [-0.2, 0) is 19.1 Å². The van der Waals surface area contributed by atoms with Crippen LogP contribution in [0.1, 0.15) is 54.4 Å². The Morgan fingerprint density at radius 3 is 1.82 bits per heavy atom. The summed E-state index contributed by atoms with van der Waals surface area (Å²) in [5.74, 6) is -4.74. The number of hydrogen-bond acceptors (Lipinski definition) is 5. The molecule has 9 heteroatoms. The molecule has 0 aliphatic heterocycles. The van der Waals surface area contributed by atoms with Gasteiger partial charge in [0.15, 0.2) is 0 Å². The average Bonchev–Trinajstić information content (AvgIpc) is 2.52. The van der Waals surface area contributed by atoms with Crippen molar-refractivity contribution in [3.05, 3.63) is 0 Å². The van der Waals surface area contributed by atoms with Gasteiger partial charge < -0.3 is 14.4 Å². The summed E-state index contributed by atoms with van der Waals surface area (Å²) in [6.45, 7) is 9.48. The Kier molecular flexibility index (Phi) is 9.33. The van der Waals surface area contributed by atoms with Crippen LogP contribution in [0.2, 0.25) is 0 Å². The summed E-state index contributed by atoms with van der Waals surface area (Å²) in [5, 5.41) is 0. The maximum Gasteiger partial charge on any atom is 0.410 e. The molecular weight excluding hydrogens is 374 g/mol. The highest BCUT2D eigenvalue weighted by molar-refractivity contribution is 5.89. The van der Waals surface area contributed by atoms with Crippen molar-refractivity contribution in [2.75, 3.05) is 21.2 Å². The minimum atomic E-state index is -3.18. The summed E-state index contributed by atoms with van der Waals surface area (Å²) < 4.78 is 37.0. The average molecular weight is 408 g/mol. The molecule has 28 heavy (non-hydrogen) atoms. The maximum absolute atomic E-state index is 13.5. The Morgan fingerprint density at radius 1 is 0.964 bits per heavy atom. The van der Waals surface area contributed by atoms with Crippen LogP contribution in [0.4, 0.5) is 13.6 Å². The lowest BCUT2D eigenvalue weighted by atomic mass is 10.00. The second-order valence-corrected chi connectivity index (χ2v) is 8.50. The smallest absolute Gasteiger partial charge is 0.410 e. The summed E-state index contributed by atoms with van der Waals surface area (Å²) >= 11 is 0. The van der Waals surface area contributed by atoms with E-state index in [9.17, 15) is 23.2 Å². The molecule has 0 N–H and O–H groups in total. The van der Waals surface area contributed by atoms with Gasteiger partial charge in [-0.05, 0) is 40.0 Å². The fraction of sp³-hybridized carbons (Fsp3) is 0.842. The number of rotatable bonds is 8.